The molecule has 94 valence electrons. The van der Waals surface area contributed by atoms with Crippen LogP contribution in [0.15, 0.2) is 0 Å². The Hall–Kier alpha value is 0. The smallest absolute Gasteiger partial charge is 0.0204 e. The van der Waals surface area contributed by atoms with E-state index in [2.05, 4.69) is 0 Å². The Bertz CT molecular complexity index is 344. The summed E-state index contributed by atoms with van der Waals surface area (Å²) in [5, 5.41) is 0. The van der Waals surface area contributed by atoms with E-state index in [-0.39, 0.29) is 0 Å². The summed E-state index contributed by atoms with van der Waals surface area (Å²) in [6.07, 6.45) is 16.2. The SMILES string of the molecule is C1CC2CCC3CCCC4CC5CC34C2C5C1. The van der Waals surface area contributed by atoms with Gasteiger partial charge >= 0.3 is 0 Å². The van der Waals surface area contributed by atoms with E-state index in [1.807, 2.05) is 0 Å². The molecule has 7 unspecified atom stereocenters. The minimum atomic E-state index is 0.914. The molecule has 7 atom stereocenters. The van der Waals surface area contributed by atoms with Crippen molar-refractivity contribution >= 4 is 0 Å². The third-order valence-corrected chi connectivity index (χ3v) is 8.02. The predicted molar refractivity (Wildman–Crippen MR) is 69.5 cm³/mol. The van der Waals surface area contributed by atoms with Gasteiger partial charge in [0.05, 0.1) is 0 Å². The van der Waals surface area contributed by atoms with Crippen LogP contribution in [0.2, 0.25) is 0 Å². The fourth-order valence-corrected chi connectivity index (χ4v) is 7.90. The molecule has 5 aliphatic rings. The van der Waals surface area contributed by atoms with Crippen LogP contribution in [0, 0.1) is 40.9 Å². The molecule has 5 saturated carbocycles. The van der Waals surface area contributed by atoms with Gasteiger partial charge in [-0.15, -0.1) is 0 Å². The van der Waals surface area contributed by atoms with E-state index in [9.17, 15) is 0 Å². The number of fused-ring (bicyclic) bond motifs is 2. The molecule has 0 N–H and O–H groups in total. The largest absolute Gasteiger partial charge is 0.0527 e. The molecule has 5 aliphatic carbocycles. The summed E-state index contributed by atoms with van der Waals surface area (Å²) in [4.78, 5) is 0. The first kappa shape index (κ1) is 9.87. The minimum absolute atomic E-state index is 0.914. The van der Waals surface area contributed by atoms with Crippen LogP contribution in [-0.4, -0.2) is 0 Å². The molecule has 1 spiro atoms. The van der Waals surface area contributed by atoms with E-state index < -0.39 is 0 Å². The lowest BCUT2D eigenvalue weighted by molar-refractivity contribution is -0.106. The Kier molecular flexibility index (Phi) is 1.81. The first-order valence-electron chi connectivity index (χ1n) is 8.39. The van der Waals surface area contributed by atoms with Crippen LogP contribution in [-0.2, 0) is 0 Å². The van der Waals surface area contributed by atoms with Crippen LogP contribution in [0.4, 0.5) is 0 Å². The van der Waals surface area contributed by atoms with E-state index in [0.717, 1.165) is 5.41 Å². The molecule has 5 fully saturated rings. The zero-order chi connectivity index (χ0) is 11.0. The molecule has 0 heteroatoms. The summed E-state index contributed by atoms with van der Waals surface area (Å²) in [6.45, 7) is 0. The second-order valence-electron chi connectivity index (χ2n) is 8.10. The highest BCUT2D eigenvalue weighted by atomic mass is 14.7. The van der Waals surface area contributed by atoms with Crippen molar-refractivity contribution in [2.45, 2.75) is 64.2 Å². The van der Waals surface area contributed by atoms with E-state index in [1.54, 1.807) is 64.2 Å². The summed E-state index contributed by atoms with van der Waals surface area (Å²) < 4.78 is 0. The normalized spacial score (nSPS) is 63.5. The van der Waals surface area contributed by atoms with Gasteiger partial charge in [-0.05, 0) is 85.9 Å². The Morgan fingerprint density at radius 3 is 2.59 bits per heavy atom. The lowest BCUT2D eigenvalue weighted by atomic mass is 9.45. The second-order valence-corrected chi connectivity index (χ2v) is 8.10. The molecule has 0 nitrogen and oxygen atoms in total. The van der Waals surface area contributed by atoms with E-state index >= 15 is 0 Å². The van der Waals surface area contributed by atoms with Gasteiger partial charge in [-0.2, -0.15) is 0 Å². The highest BCUT2D eigenvalue weighted by Crippen LogP contribution is 2.76. The molecular formula is C17H26. The van der Waals surface area contributed by atoms with Gasteiger partial charge in [0.25, 0.3) is 0 Å². The van der Waals surface area contributed by atoms with Crippen LogP contribution >= 0.6 is 0 Å². The van der Waals surface area contributed by atoms with Crippen LogP contribution in [0.5, 0.6) is 0 Å². The average molecular weight is 230 g/mol. The highest BCUT2D eigenvalue weighted by Gasteiger charge is 2.68. The Morgan fingerprint density at radius 2 is 1.59 bits per heavy atom. The minimum Gasteiger partial charge on any atom is -0.0527 e. The highest BCUT2D eigenvalue weighted by molar-refractivity contribution is 5.17. The molecule has 0 saturated heterocycles. The maximum Gasteiger partial charge on any atom is -0.0204 e. The van der Waals surface area contributed by atoms with Crippen molar-refractivity contribution < 1.29 is 0 Å². The molecule has 2 bridgehead atoms. The molecule has 5 rings (SSSR count). The maximum absolute atomic E-state index is 1.69. The van der Waals surface area contributed by atoms with Gasteiger partial charge < -0.3 is 0 Å². The Morgan fingerprint density at radius 1 is 0.706 bits per heavy atom. The maximum atomic E-state index is 1.69. The molecule has 0 aromatic heterocycles. The van der Waals surface area contributed by atoms with Crippen molar-refractivity contribution in [3.05, 3.63) is 0 Å². The van der Waals surface area contributed by atoms with Crippen molar-refractivity contribution in [2.24, 2.45) is 40.9 Å². The predicted octanol–water partition coefficient (Wildman–Crippen LogP) is 4.64. The summed E-state index contributed by atoms with van der Waals surface area (Å²) in [5.41, 5.74) is 0.914. The monoisotopic (exact) mass is 230 g/mol. The summed E-state index contributed by atoms with van der Waals surface area (Å²) in [5.74, 6) is 7.15. The topological polar surface area (TPSA) is 0 Å². The molecule has 0 amide bonds. The standard InChI is InChI=1S/C17H26/c1-3-11-7-8-13-4-2-5-14-9-12-10-17(13,14)16(11)15(12)6-1/h11-16H,1-10H2. The fraction of sp³-hybridized carbons (Fsp3) is 1.00. The fourth-order valence-electron chi connectivity index (χ4n) is 7.90. The van der Waals surface area contributed by atoms with Gasteiger partial charge in [0, 0.05) is 0 Å². The third kappa shape index (κ3) is 1.00. The summed E-state index contributed by atoms with van der Waals surface area (Å²) >= 11 is 0. The lowest BCUT2D eigenvalue weighted by Crippen LogP contribution is -2.52. The molecule has 0 aromatic carbocycles. The molecule has 17 heavy (non-hydrogen) atoms. The Labute approximate surface area is 106 Å². The van der Waals surface area contributed by atoms with Gasteiger partial charge in [-0.25, -0.2) is 0 Å². The molecule has 0 heterocycles. The van der Waals surface area contributed by atoms with Crippen molar-refractivity contribution in [3.8, 4) is 0 Å². The molecule has 0 aromatic rings. The van der Waals surface area contributed by atoms with E-state index in [1.165, 1.54) is 35.5 Å². The zero-order valence-electron chi connectivity index (χ0n) is 11.0. The van der Waals surface area contributed by atoms with E-state index in [4.69, 9.17) is 0 Å². The lowest BCUT2D eigenvalue weighted by Gasteiger charge is -2.59. The first-order valence-corrected chi connectivity index (χ1v) is 8.39. The zero-order valence-corrected chi connectivity index (χ0v) is 11.0. The quantitative estimate of drug-likeness (QED) is 0.569. The number of hydrogen-bond acceptors (Lipinski definition) is 0. The van der Waals surface area contributed by atoms with Crippen LogP contribution < -0.4 is 0 Å². The summed E-state index contributed by atoms with van der Waals surface area (Å²) in [7, 11) is 0. The van der Waals surface area contributed by atoms with Gasteiger partial charge in [-0.1, -0.05) is 19.3 Å². The van der Waals surface area contributed by atoms with Crippen LogP contribution in [0.25, 0.3) is 0 Å². The first-order chi connectivity index (χ1) is 8.39. The van der Waals surface area contributed by atoms with Gasteiger partial charge in [0.15, 0.2) is 0 Å². The van der Waals surface area contributed by atoms with Crippen molar-refractivity contribution in [2.75, 3.05) is 0 Å². The summed E-state index contributed by atoms with van der Waals surface area (Å²) in [6, 6.07) is 0. The molecule has 0 radical (unpaired) electrons. The van der Waals surface area contributed by atoms with Gasteiger partial charge in [0.1, 0.15) is 0 Å². The molecular weight excluding hydrogens is 204 g/mol. The van der Waals surface area contributed by atoms with E-state index in [0.29, 0.717) is 0 Å². The van der Waals surface area contributed by atoms with Crippen LogP contribution in [0.3, 0.4) is 0 Å². The third-order valence-electron chi connectivity index (χ3n) is 8.02. The van der Waals surface area contributed by atoms with Crippen LogP contribution in [0.1, 0.15) is 64.2 Å². The van der Waals surface area contributed by atoms with Crippen molar-refractivity contribution in [3.63, 3.8) is 0 Å². The van der Waals surface area contributed by atoms with Gasteiger partial charge in [0.2, 0.25) is 0 Å². The number of rotatable bonds is 0. The molecule has 0 aliphatic heterocycles. The Balaban J connectivity index is 1.65. The second kappa shape index (κ2) is 3.11. The van der Waals surface area contributed by atoms with Crippen molar-refractivity contribution in [1.82, 2.24) is 0 Å². The van der Waals surface area contributed by atoms with Crippen molar-refractivity contribution in [1.29, 1.82) is 0 Å². The number of hydrogen-bond donors (Lipinski definition) is 0. The average Bonchev–Trinajstić information content (AvgIpc) is 2.90. The van der Waals surface area contributed by atoms with Gasteiger partial charge in [-0.3, -0.25) is 0 Å².